The zero-order chi connectivity index (χ0) is 15.4. The van der Waals surface area contributed by atoms with E-state index in [9.17, 15) is 4.79 Å². The standard InChI is InChI=1S/C16H16N4OS/c1-12-18-19-16(20(12)10-13-6-3-2-4-7-13)22-11-15(21)14-8-5-9-17-14/h2-9,17H,10-11H2,1H3. The fourth-order valence-corrected chi connectivity index (χ4v) is 2.99. The van der Waals surface area contributed by atoms with Gasteiger partial charge in [-0.05, 0) is 24.6 Å². The van der Waals surface area contributed by atoms with Gasteiger partial charge < -0.3 is 9.55 Å². The Balaban J connectivity index is 1.71. The highest BCUT2D eigenvalue weighted by Crippen LogP contribution is 2.19. The number of aromatic amines is 1. The zero-order valence-corrected chi connectivity index (χ0v) is 13.0. The molecule has 0 saturated carbocycles. The largest absolute Gasteiger partial charge is 0.359 e. The number of carbonyl (C=O) groups excluding carboxylic acids is 1. The first-order valence-corrected chi connectivity index (χ1v) is 7.95. The Labute approximate surface area is 132 Å². The molecule has 2 aromatic heterocycles. The highest BCUT2D eigenvalue weighted by Gasteiger charge is 2.13. The van der Waals surface area contributed by atoms with Crippen LogP contribution in [0, 0.1) is 6.92 Å². The lowest BCUT2D eigenvalue weighted by Gasteiger charge is -2.08. The van der Waals surface area contributed by atoms with E-state index in [1.54, 1.807) is 12.3 Å². The molecule has 0 aliphatic rings. The maximum atomic E-state index is 12.0. The minimum absolute atomic E-state index is 0.0573. The van der Waals surface area contributed by atoms with E-state index in [1.807, 2.05) is 35.8 Å². The Bertz CT molecular complexity index is 750. The summed E-state index contributed by atoms with van der Waals surface area (Å²) in [4.78, 5) is 15.0. The van der Waals surface area contributed by atoms with Crippen molar-refractivity contribution in [3.05, 3.63) is 65.7 Å². The number of aryl methyl sites for hydroxylation is 1. The lowest BCUT2D eigenvalue weighted by atomic mass is 10.2. The number of aromatic nitrogens is 4. The predicted molar refractivity (Wildman–Crippen MR) is 86.2 cm³/mol. The highest BCUT2D eigenvalue weighted by atomic mass is 32.2. The van der Waals surface area contributed by atoms with Crippen molar-refractivity contribution in [2.45, 2.75) is 18.6 Å². The number of Topliss-reactive ketones (excluding diaryl/α,β-unsaturated/α-hetero) is 1. The molecule has 6 heteroatoms. The van der Waals surface area contributed by atoms with Crippen LogP contribution in [-0.2, 0) is 6.54 Å². The first-order chi connectivity index (χ1) is 10.7. The van der Waals surface area contributed by atoms with Gasteiger partial charge in [-0.25, -0.2) is 0 Å². The fourth-order valence-electron chi connectivity index (χ4n) is 2.13. The van der Waals surface area contributed by atoms with Crippen LogP contribution < -0.4 is 0 Å². The van der Waals surface area contributed by atoms with E-state index < -0.39 is 0 Å². The molecular weight excluding hydrogens is 296 g/mol. The van der Waals surface area contributed by atoms with E-state index in [4.69, 9.17) is 0 Å². The lowest BCUT2D eigenvalue weighted by Crippen LogP contribution is -2.07. The smallest absolute Gasteiger partial charge is 0.191 e. The van der Waals surface area contributed by atoms with Crippen molar-refractivity contribution in [1.29, 1.82) is 0 Å². The maximum absolute atomic E-state index is 12.0. The van der Waals surface area contributed by atoms with E-state index in [0.29, 0.717) is 18.0 Å². The molecule has 1 N–H and O–H groups in total. The van der Waals surface area contributed by atoms with Gasteiger partial charge >= 0.3 is 0 Å². The quantitative estimate of drug-likeness (QED) is 0.561. The molecule has 0 bridgehead atoms. The number of ketones is 1. The third-order valence-electron chi connectivity index (χ3n) is 3.32. The van der Waals surface area contributed by atoms with Crippen molar-refractivity contribution in [1.82, 2.24) is 19.7 Å². The zero-order valence-electron chi connectivity index (χ0n) is 12.2. The number of H-pyrrole nitrogens is 1. The monoisotopic (exact) mass is 312 g/mol. The third kappa shape index (κ3) is 3.28. The normalized spacial score (nSPS) is 10.8. The van der Waals surface area contributed by atoms with Crippen LogP contribution in [0.1, 0.15) is 21.9 Å². The Morgan fingerprint density at radius 1 is 1.18 bits per heavy atom. The molecule has 22 heavy (non-hydrogen) atoms. The number of hydrogen-bond acceptors (Lipinski definition) is 4. The highest BCUT2D eigenvalue weighted by molar-refractivity contribution is 7.99. The number of rotatable bonds is 6. The van der Waals surface area contributed by atoms with Crippen LogP contribution in [-0.4, -0.2) is 31.3 Å². The van der Waals surface area contributed by atoms with Crippen LogP contribution in [0.4, 0.5) is 0 Å². The topological polar surface area (TPSA) is 63.6 Å². The molecule has 2 heterocycles. The number of hydrogen-bond donors (Lipinski definition) is 1. The number of benzene rings is 1. The average Bonchev–Trinajstić information content (AvgIpc) is 3.18. The molecule has 3 aromatic rings. The van der Waals surface area contributed by atoms with Crippen molar-refractivity contribution >= 4 is 17.5 Å². The summed E-state index contributed by atoms with van der Waals surface area (Å²) in [6, 6.07) is 13.7. The number of nitrogens with one attached hydrogen (secondary N) is 1. The van der Waals surface area contributed by atoms with Crippen LogP contribution in [0.15, 0.2) is 53.8 Å². The van der Waals surface area contributed by atoms with Gasteiger partial charge in [0, 0.05) is 6.20 Å². The van der Waals surface area contributed by atoms with Crippen LogP contribution in [0.2, 0.25) is 0 Å². The molecule has 0 fully saturated rings. The van der Waals surface area contributed by atoms with Gasteiger partial charge in [-0.15, -0.1) is 10.2 Å². The van der Waals surface area contributed by atoms with Crippen molar-refractivity contribution in [3.63, 3.8) is 0 Å². The minimum atomic E-state index is 0.0573. The Kier molecular flexibility index (Phi) is 4.39. The summed E-state index contributed by atoms with van der Waals surface area (Å²) in [7, 11) is 0. The predicted octanol–water partition coefficient (Wildman–Crippen LogP) is 2.94. The second-order valence-electron chi connectivity index (χ2n) is 4.90. The van der Waals surface area contributed by atoms with E-state index in [1.165, 1.54) is 17.3 Å². The van der Waals surface area contributed by atoms with Gasteiger partial charge in [0.2, 0.25) is 0 Å². The molecule has 0 radical (unpaired) electrons. The molecular formula is C16H16N4OS. The molecule has 0 aliphatic carbocycles. The van der Waals surface area contributed by atoms with Gasteiger partial charge in [-0.3, -0.25) is 4.79 Å². The lowest BCUT2D eigenvalue weighted by molar-refractivity contribution is 0.101. The maximum Gasteiger partial charge on any atom is 0.191 e. The third-order valence-corrected chi connectivity index (χ3v) is 4.28. The molecule has 1 aromatic carbocycles. The van der Waals surface area contributed by atoms with E-state index >= 15 is 0 Å². The Morgan fingerprint density at radius 3 is 2.73 bits per heavy atom. The number of carbonyl (C=O) groups is 1. The van der Waals surface area contributed by atoms with Crippen molar-refractivity contribution in [2.24, 2.45) is 0 Å². The second-order valence-corrected chi connectivity index (χ2v) is 5.84. The molecule has 112 valence electrons. The number of nitrogens with zero attached hydrogens (tertiary/aromatic N) is 3. The van der Waals surface area contributed by atoms with Crippen LogP contribution >= 0.6 is 11.8 Å². The minimum Gasteiger partial charge on any atom is -0.359 e. The average molecular weight is 312 g/mol. The van der Waals surface area contributed by atoms with E-state index in [0.717, 1.165) is 11.0 Å². The molecule has 0 atom stereocenters. The summed E-state index contributed by atoms with van der Waals surface area (Å²) in [6.45, 7) is 2.63. The molecule has 3 rings (SSSR count). The van der Waals surface area contributed by atoms with Gasteiger partial charge in [0.1, 0.15) is 5.82 Å². The van der Waals surface area contributed by atoms with Gasteiger partial charge in [0.25, 0.3) is 0 Å². The Hall–Kier alpha value is -2.34. The van der Waals surface area contributed by atoms with E-state index in [2.05, 4.69) is 27.3 Å². The summed E-state index contributed by atoms with van der Waals surface area (Å²) in [5, 5.41) is 9.07. The summed E-state index contributed by atoms with van der Waals surface area (Å²) >= 11 is 1.41. The van der Waals surface area contributed by atoms with Crippen LogP contribution in [0.3, 0.4) is 0 Å². The van der Waals surface area contributed by atoms with Crippen molar-refractivity contribution < 1.29 is 4.79 Å². The van der Waals surface area contributed by atoms with Crippen LogP contribution in [0.25, 0.3) is 0 Å². The summed E-state index contributed by atoms with van der Waals surface area (Å²) < 4.78 is 2.03. The molecule has 5 nitrogen and oxygen atoms in total. The molecule has 0 unspecified atom stereocenters. The first-order valence-electron chi connectivity index (χ1n) is 6.97. The molecule has 0 amide bonds. The van der Waals surface area contributed by atoms with Gasteiger partial charge in [0.15, 0.2) is 10.9 Å². The van der Waals surface area contributed by atoms with Crippen LogP contribution in [0.5, 0.6) is 0 Å². The summed E-state index contributed by atoms with van der Waals surface area (Å²) in [5.74, 6) is 1.24. The fraction of sp³-hybridized carbons (Fsp3) is 0.188. The Morgan fingerprint density at radius 2 is 2.00 bits per heavy atom. The first kappa shape index (κ1) is 14.6. The molecule has 0 aliphatic heterocycles. The molecule has 0 saturated heterocycles. The van der Waals surface area contributed by atoms with E-state index in [-0.39, 0.29) is 5.78 Å². The second kappa shape index (κ2) is 6.62. The number of thioether (sulfide) groups is 1. The van der Waals surface area contributed by atoms with Crippen molar-refractivity contribution in [3.8, 4) is 0 Å². The van der Waals surface area contributed by atoms with Gasteiger partial charge in [0.05, 0.1) is 18.0 Å². The van der Waals surface area contributed by atoms with Gasteiger partial charge in [-0.1, -0.05) is 42.1 Å². The summed E-state index contributed by atoms with van der Waals surface area (Å²) in [6.07, 6.45) is 1.75. The molecule has 0 spiro atoms. The van der Waals surface area contributed by atoms with Crippen molar-refractivity contribution in [2.75, 3.05) is 5.75 Å². The summed E-state index contributed by atoms with van der Waals surface area (Å²) in [5.41, 5.74) is 1.81. The van der Waals surface area contributed by atoms with Gasteiger partial charge in [-0.2, -0.15) is 0 Å². The SMILES string of the molecule is Cc1nnc(SCC(=O)c2ccc[nH]2)n1Cc1ccccc1.